The van der Waals surface area contributed by atoms with E-state index >= 15 is 0 Å². The number of amides is 2. The van der Waals surface area contributed by atoms with Gasteiger partial charge in [0.15, 0.2) is 0 Å². The van der Waals surface area contributed by atoms with E-state index in [1.165, 1.54) is 5.56 Å². The zero-order valence-electron chi connectivity index (χ0n) is 8.23. The van der Waals surface area contributed by atoms with E-state index in [4.69, 9.17) is 5.26 Å². The third-order valence-electron chi connectivity index (χ3n) is 2.45. The zero-order chi connectivity index (χ0) is 10.7. The molecule has 1 aromatic carbocycles. The minimum absolute atomic E-state index is 0.0531. The number of rotatable bonds is 1. The number of urea groups is 1. The maximum atomic E-state index is 11.6. The Hall–Kier alpha value is -2.02. The average Bonchev–Trinajstić information content (AvgIpc) is 2.69. The molecule has 1 aliphatic heterocycles. The highest BCUT2D eigenvalue weighted by Crippen LogP contribution is 2.26. The van der Waals surface area contributed by atoms with Gasteiger partial charge in [-0.15, -0.1) is 0 Å². The van der Waals surface area contributed by atoms with E-state index in [0.29, 0.717) is 6.54 Å². The van der Waals surface area contributed by atoms with Crippen molar-refractivity contribution in [2.45, 2.75) is 6.42 Å². The fraction of sp³-hybridized carbons (Fsp3) is 0.273. The monoisotopic (exact) mass is 201 g/mol. The lowest BCUT2D eigenvalue weighted by atomic mass is 10.2. The number of hydrogen-bond donors (Lipinski definition) is 1. The zero-order valence-corrected chi connectivity index (χ0v) is 8.23. The summed E-state index contributed by atoms with van der Waals surface area (Å²) in [6, 6.07) is 9.52. The van der Waals surface area contributed by atoms with Crippen LogP contribution in [0.4, 0.5) is 10.5 Å². The Balaban J connectivity index is 2.14. The second-order valence-corrected chi connectivity index (χ2v) is 3.35. The van der Waals surface area contributed by atoms with E-state index in [9.17, 15) is 4.79 Å². The van der Waals surface area contributed by atoms with E-state index in [1.807, 2.05) is 30.3 Å². The van der Waals surface area contributed by atoms with E-state index in [1.54, 1.807) is 4.90 Å². The molecule has 0 atom stereocenters. The fourth-order valence-corrected chi connectivity index (χ4v) is 1.76. The molecule has 0 bridgehead atoms. The summed E-state index contributed by atoms with van der Waals surface area (Å²) in [5, 5.41) is 10.9. The van der Waals surface area contributed by atoms with E-state index < -0.39 is 0 Å². The molecule has 0 radical (unpaired) electrons. The van der Waals surface area contributed by atoms with Crippen molar-refractivity contribution in [3.63, 3.8) is 0 Å². The number of benzene rings is 1. The van der Waals surface area contributed by atoms with Crippen LogP contribution in [0.5, 0.6) is 0 Å². The summed E-state index contributed by atoms with van der Waals surface area (Å²) in [6.45, 7) is 0.744. The molecule has 0 spiro atoms. The lowest BCUT2D eigenvalue weighted by Crippen LogP contribution is -2.39. The molecule has 0 saturated carbocycles. The first-order valence-electron chi connectivity index (χ1n) is 4.83. The van der Waals surface area contributed by atoms with Gasteiger partial charge in [-0.25, -0.2) is 4.79 Å². The van der Waals surface area contributed by atoms with Crippen LogP contribution in [0.25, 0.3) is 0 Å². The number of nitrogens with zero attached hydrogens (tertiary/aromatic N) is 2. The van der Waals surface area contributed by atoms with Crippen LogP contribution in [-0.4, -0.2) is 19.1 Å². The van der Waals surface area contributed by atoms with Gasteiger partial charge in [0.1, 0.15) is 6.54 Å². The topological polar surface area (TPSA) is 56.1 Å². The van der Waals surface area contributed by atoms with Crippen LogP contribution in [0.2, 0.25) is 0 Å². The van der Waals surface area contributed by atoms with Gasteiger partial charge >= 0.3 is 6.03 Å². The molecule has 4 heteroatoms. The van der Waals surface area contributed by atoms with Crippen molar-refractivity contribution < 1.29 is 4.79 Å². The quantitative estimate of drug-likeness (QED) is 0.696. The Morgan fingerprint density at radius 3 is 3.13 bits per heavy atom. The molecule has 1 aliphatic rings. The van der Waals surface area contributed by atoms with E-state index in [-0.39, 0.29) is 12.6 Å². The summed E-state index contributed by atoms with van der Waals surface area (Å²) < 4.78 is 0. The first kappa shape index (κ1) is 9.53. The molecule has 0 unspecified atom stereocenters. The van der Waals surface area contributed by atoms with Gasteiger partial charge in [-0.1, -0.05) is 18.2 Å². The highest BCUT2D eigenvalue weighted by molar-refractivity contribution is 5.94. The SMILES string of the molecule is N#CCNC(=O)N1CCc2ccccc21. The van der Waals surface area contributed by atoms with Crippen molar-refractivity contribution in [2.24, 2.45) is 0 Å². The van der Waals surface area contributed by atoms with Crippen LogP contribution in [0.3, 0.4) is 0 Å². The number of carbonyl (C=O) groups excluding carboxylic acids is 1. The summed E-state index contributed by atoms with van der Waals surface area (Å²) in [5.74, 6) is 0. The smallest absolute Gasteiger partial charge is 0.322 e. The number of fused-ring (bicyclic) bond motifs is 1. The minimum atomic E-state index is -0.193. The van der Waals surface area contributed by atoms with Crippen LogP contribution in [0.1, 0.15) is 5.56 Å². The Morgan fingerprint density at radius 2 is 2.33 bits per heavy atom. The molecule has 1 N–H and O–H groups in total. The Kier molecular flexibility index (Phi) is 2.55. The van der Waals surface area contributed by atoms with E-state index in [2.05, 4.69) is 5.32 Å². The predicted octanol–water partition coefficient (Wildman–Crippen LogP) is 1.28. The number of nitrogens with one attached hydrogen (secondary N) is 1. The normalized spacial score (nSPS) is 13.1. The molecule has 0 aliphatic carbocycles. The van der Waals surface area contributed by atoms with Crippen molar-refractivity contribution in [3.05, 3.63) is 29.8 Å². The van der Waals surface area contributed by atoms with Gasteiger partial charge in [-0.3, -0.25) is 4.90 Å². The van der Waals surface area contributed by atoms with Gasteiger partial charge in [0.2, 0.25) is 0 Å². The highest BCUT2D eigenvalue weighted by atomic mass is 16.2. The van der Waals surface area contributed by atoms with Gasteiger partial charge in [-0.05, 0) is 18.1 Å². The van der Waals surface area contributed by atoms with Crippen LogP contribution in [0.15, 0.2) is 24.3 Å². The van der Waals surface area contributed by atoms with Crippen LogP contribution in [0, 0.1) is 11.3 Å². The molecule has 0 fully saturated rings. The second-order valence-electron chi connectivity index (χ2n) is 3.35. The van der Waals surface area contributed by atoms with Crippen molar-refractivity contribution in [2.75, 3.05) is 18.0 Å². The summed E-state index contributed by atoms with van der Waals surface area (Å²) >= 11 is 0. The van der Waals surface area contributed by atoms with Gasteiger partial charge in [0, 0.05) is 12.2 Å². The molecule has 2 rings (SSSR count). The third-order valence-corrected chi connectivity index (χ3v) is 2.45. The molecule has 1 aromatic rings. The fourth-order valence-electron chi connectivity index (χ4n) is 1.76. The van der Waals surface area contributed by atoms with Gasteiger partial charge in [-0.2, -0.15) is 5.26 Å². The third kappa shape index (κ3) is 1.77. The molecule has 4 nitrogen and oxygen atoms in total. The molecule has 1 heterocycles. The summed E-state index contributed by atoms with van der Waals surface area (Å²) in [5.41, 5.74) is 2.14. The summed E-state index contributed by atoms with van der Waals surface area (Å²) in [6.07, 6.45) is 0.885. The van der Waals surface area contributed by atoms with Crippen molar-refractivity contribution in [1.29, 1.82) is 5.26 Å². The molecule has 2 amide bonds. The number of carbonyl (C=O) groups is 1. The minimum Gasteiger partial charge on any atom is -0.325 e. The molecule has 15 heavy (non-hydrogen) atoms. The Labute approximate surface area is 88.1 Å². The van der Waals surface area contributed by atoms with Crippen molar-refractivity contribution in [3.8, 4) is 6.07 Å². The number of para-hydroxylation sites is 1. The first-order valence-corrected chi connectivity index (χ1v) is 4.83. The summed E-state index contributed by atoms with van der Waals surface area (Å²) in [4.78, 5) is 13.3. The van der Waals surface area contributed by atoms with Gasteiger partial charge in [0.05, 0.1) is 6.07 Å². The van der Waals surface area contributed by atoms with Crippen molar-refractivity contribution in [1.82, 2.24) is 5.32 Å². The largest absolute Gasteiger partial charge is 0.325 e. The highest BCUT2D eigenvalue weighted by Gasteiger charge is 2.23. The Morgan fingerprint density at radius 1 is 1.53 bits per heavy atom. The van der Waals surface area contributed by atoms with E-state index in [0.717, 1.165) is 12.1 Å². The van der Waals surface area contributed by atoms with Crippen LogP contribution < -0.4 is 10.2 Å². The molecular formula is C11H11N3O. The first-order chi connectivity index (χ1) is 7.33. The van der Waals surface area contributed by atoms with Gasteiger partial charge < -0.3 is 5.32 Å². The molecular weight excluding hydrogens is 190 g/mol. The maximum absolute atomic E-state index is 11.6. The average molecular weight is 201 g/mol. The second kappa shape index (κ2) is 4.01. The lowest BCUT2D eigenvalue weighted by Gasteiger charge is -2.16. The number of hydrogen-bond acceptors (Lipinski definition) is 2. The van der Waals surface area contributed by atoms with Gasteiger partial charge in [0.25, 0.3) is 0 Å². The van der Waals surface area contributed by atoms with Crippen LogP contribution in [-0.2, 0) is 6.42 Å². The standard InChI is InChI=1S/C11H11N3O/c12-6-7-13-11(15)14-8-5-9-3-1-2-4-10(9)14/h1-4H,5,7-8H2,(H,13,15). The number of nitriles is 1. The lowest BCUT2D eigenvalue weighted by molar-refractivity contribution is 0.248. The number of anilines is 1. The molecule has 0 aromatic heterocycles. The molecule has 0 saturated heterocycles. The van der Waals surface area contributed by atoms with Crippen molar-refractivity contribution >= 4 is 11.7 Å². The maximum Gasteiger partial charge on any atom is 0.322 e. The predicted molar refractivity (Wildman–Crippen MR) is 56.5 cm³/mol. The molecule has 76 valence electrons. The Bertz CT molecular complexity index is 422. The summed E-state index contributed by atoms with van der Waals surface area (Å²) in [7, 11) is 0. The van der Waals surface area contributed by atoms with Crippen LogP contribution >= 0.6 is 0 Å².